The lowest BCUT2D eigenvalue weighted by atomic mass is 9.68. The van der Waals surface area contributed by atoms with Crippen molar-refractivity contribution in [3.05, 3.63) is 68.7 Å². The minimum Gasteiger partial charge on any atom is -0.490 e. The normalized spacial score (nSPS) is 25.2. The lowest BCUT2D eigenvalue weighted by molar-refractivity contribution is 0.0455. The summed E-state index contributed by atoms with van der Waals surface area (Å²) in [5.41, 5.74) is 3.83. The second-order valence-electron chi connectivity index (χ2n) is 11.2. The molecule has 1 N–H and O–H groups in total. The molecule has 210 valence electrons. The standard InChI is InChI=1S/C31H36BrCl2NO4/c1-38-30(37)21-7-11-29-27(15-21)35(17-22-6-9-25(22)28(36)16-23(32)5-3-13-33)18-31(19-39-29)12-2-4-20-14-24(34)8-10-26(20)31/h7-8,10-11,14-16,22,25,28,36H,2-6,9,12-13,17-19H2,1H3/b23-16-/t22-,25+,28+,31?/m0/s1. The summed E-state index contributed by atoms with van der Waals surface area (Å²) in [5.74, 6) is 1.52. The fourth-order valence-corrected chi connectivity index (χ4v) is 7.42. The number of carbonyl (C=O) groups excluding carboxylic acids is 1. The van der Waals surface area contributed by atoms with Gasteiger partial charge in [0.1, 0.15) is 5.75 Å². The largest absolute Gasteiger partial charge is 0.490 e. The third-order valence-corrected chi connectivity index (χ3v) is 9.89. The maximum atomic E-state index is 12.4. The van der Waals surface area contributed by atoms with Gasteiger partial charge in [-0.1, -0.05) is 33.6 Å². The van der Waals surface area contributed by atoms with Gasteiger partial charge < -0.3 is 19.5 Å². The van der Waals surface area contributed by atoms with Crippen LogP contribution in [-0.4, -0.2) is 49.9 Å². The van der Waals surface area contributed by atoms with Crippen molar-refractivity contribution < 1.29 is 19.4 Å². The summed E-state index contributed by atoms with van der Waals surface area (Å²) in [5, 5.41) is 11.8. The number of methoxy groups -OCH3 is 1. The van der Waals surface area contributed by atoms with E-state index in [0.717, 1.165) is 79.0 Å². The van der Waals surface area contributed by atoms with Gasteiger partial charge in [0.05, 0.1) is 31.1 Å². The third kappa shape index (κ3) is 6.14. The van der Waals surface area contributed by atoms with Crippen LogP contribution in [0, 0.1) is 11.8 Å². The molecule has 1 fully saturated rings. The molecule has 0 radical (unpaired) electrons. The Morgan fingerprint density at radius 3 is 2.90 bits per heavy atom. The number of aliphatic hydroxyl groups excluding tert-OH is 1. The van der Waals surface area contributed by atoms with Gasteiger partial charge >= 0.3 is 5.97 Å². The monoisotopic (exact) mass is 635 g/mol. The predicted molar refractivity (Wildman–Crippen MR) is 161 cm³/mol. The van der Waals surface area contributed by atoms with Crippen molar-refractivity contribution in [2.45, 2.75) is 56.5 Å². The van der Waals surface area contributed by atoms with Crippen molar-refractivity contribution in [1.82, 2.24) is 0 Å². The maximum absolute atomic E-state index is 12.4. The molecule has 1 aliphatic heterocycles. The zero-order chi connectivity index (χ0) is 27.6. The highest BCUT2D eigenvalue weighted by Gasteiger charge is 2.44. The van der Waals surface area contributed by atoms with Gasteiger partial charge in [0.25, 0.3) is 0 Å². The number of aliphatic hydroxyl groups is 1. The van der Waals surface area contributed by atoms with Crippen LogP contribution in [0.25, 0.3) is 0 Å². The van der Waals surface area contributed by atoms with Gasteiger partial charge in [0.2, 0.25) is 0 Å². The zero-order valence-electron chi connectivity index (χ0n) is 22.3. The Balaban J connectivity index is 1.46. The average molecular weight is 637 g/mol. The first-order valence-corrected chi connectivity index (χ1v) is 15.5. The molecule has 5 nitrogen and oxygen atoms in total. The van der Waals surface area contributed by atoms with Crippen LogP contribution in [0.15, 0.2) is 47.0 Å². The molecule has 2 aromatic rings. The number of allylic oxidation sites excluding steroid dienone is 1. The van der Waals surface area contributed by atoms with Crippen LogP contribution in [0.4, 0.5) is 5.69 Å². The number of rotatable bonds is 8. The highest BCUT2D eigenvalue weighted by Crippen LogP contribution is 2.46. The Hall–Kier alpha value is -1.73. The van der Waals surface area contributed by atoms with Gasteiger partial charge in [0, 0.05) is 29.4 Å². The number of fused-ring (bicyclic) bond motifs is 3. The number of carbonyl (C=O) groups is 1. The van der Waals surface area contributed by atoms with Crippen LogP contribution < -0.4 is 9.64 Å². The van der Waals surface area contributed by atoms with E-state index in [2.05, 4.69) is 33.0 Å². The molecule has 3 aliphatic rings. The van der Waals surface area contributed by atoms with Crippen molar-refractivity contribution in [3.63, 3.8) is 0 Å². The SMILES string of the molecule is COC(=O)c1ccc2c(c1)N(C[C@@H]1CC[C@H]1[C@H](O)/C=C(\Br)CCCCl)CC1(CCCc3cc(Cl)ccc31)CO2. The Labute approximate surface area is 249 Å². The first kappa shape index (κ1) is 28.8. The molecule has 0 saturated heterocycles. The molecular weight excluding hydrogens is 601 g/mol. The minimum absolute atomic E-state index is 0.179. The molecule has 1 unspecified atom stereocenters. The van der Waals surface area contributed by atoms with E-state index in [1.165, 1.54) is 18.2 Å². The number of halogens is 3. The van der Waals surface area contributed by atoms with E-state index in [1.807, 2.05) is 24.3 Å². The Morgan fingerprint density at radius 2 is 2.15 bits per heavy atom. The molecule has 1 saturated carbocycles. The lowest BCUT2D eigenvalue weighted by Crippen LogP contribution is -2.49. The van der Waals surface area contributed by atoms with Crippen LogP contribution in [0.2, 0.25) is 5.02 Å². The first-order valence-electron chi connectivity index (χ1n) is 13.8. The van der Waals surface area contributed by atoms with Crippen LogP contribution in [-0.2, 0) is 16.6 Å². The minimum atomic E-state index is -0.510. The molecule has 4 atom stereocenters. The molecule has 0 amide bonds. The number of hydrogen-bond donors (Lipinski definition) is 1. The highest BCUT2D eigenvalue weighted by atomic mass is 79.9. The first-order chi connectivity index (χ1) is 18.8. The fraction of sp³-hybridized carbons (Fsp3) is 0.516. The second kappa shape index (κ2) is 12.4. The van der Waals surface area contributed by atoms with Crippen LogP contribution >= 0.6 is 39.1 Å². The summed E-state index contributed by atoms with van der Waals surface area (Å²) >= 11 is 15.8. The quantitative estimate of drug-likeness (QED) is 0.244. The van der Waals surface area contributed by atoms with Gasteiger partial charge in [-0.3, -0.25) is 0 Å². The van der Waals surface area contributed by atoms with E-state index >= 15 is 0 Å². The molecule has 0 aromatic heterocycles. The summed E-state index contributed by atoms with van der Waals surface area (Å²) in [6.07, 6.45) is 8.28. The number of alkyl halides is 1. The Kier molecular flexibility index (Phi) is 9.17. The summed E-state index contributed by atoms with van der Waals surface area (Å²) in [7, 11) is 1.40. The number of anilines is 1. The maximum Gasteiger partial charge on any atom is 0.337 e. The number of aryl methyl sites for hydroxylation is 1. The Morgan fingerprint density at radius 1 is 1.31 bits per heavy atom. The lowest BCUT2D eigenvalue weighted by Gasteiger charge is -2.45. The summed E-state index contributed by atoms with van der Waals surface area (Å²) in [6, 6.07) is 11.8. The number of hydrogen-bond acceptors (Lipinski definition) is 5. The van der Waals surface area contributed by atoms with Gasteiger partial charge in [-0.15, -0.1) is 11.6 Å². The molecule has 5 rings (SSSR count). The molecule has 2 aromatic carbocycles. The van der Waals surface area contributed by atoms with Crippen molar-refractivity contribution in [1.29, 1.82) is 0 Å². The molecule has 8 heteroatoms. The molecule has 1 spiro atoms. The van der Waals surface area contributed by atoms with Crippen LogP contribution in [0.5, 0.6) is 5.75 Å². The fourth-order valence-electron chi connectivity index (χ4n) is 6.54. The average Bonchev–Trinajstić information content (AvgIpc) is 3.06. The molecular formula is C31H36BrCl2NO4. The van der Waals surface area contributed by atoms with Gasteiger partial charge in [-0.2, -0.15) is 0 Å². The molecule has 2 aliphatic carbocycles. The molecule has 39 heavy (non-hydrogen) atoms. The van der Waals surface area contributed by atoms with Crippen molar-refractivity contribution in [2.75, 3.05) is 37.6 Å². The predicted octanol–water partition coefficient (Wildman–Crippen LogP) is 7.28. The van der Waals surface area contributed by atoms with E-state index in [0.29, 0.717) is 24.0 Å². The van der Waals surface area contributed by atoms with Gasteiger partial charge in [-0.05, 0) is 109 Å². The van der Waals surface area contributed by atoms with E-state index in [4.69, 9.17) is 32.7 Å². The second-order valence-corrected chi connectivity index (χ2v) is 13.0. The van der Waals surface area contributed by atoms with Crippen LogP contribution in [0.1, 0.15) is 60.0 Å². The zero-order valence-corrected chi connectivity index (χ0v) is 25.4. The third-order valence-electron chi connectivity index (χ3n) is 8.73. The Bertz CT molecular complexity index is 1240. The molecule has 1 heterocycles. The van der Waals surface area contributed by atoms with Crippen molar-refractivity contribution in [3.8, 4) is 5.75 Å². The van der Waals surface area contributed by atoms with E-state index in [1.54, 1.807) is 6.07 Å². The van der Waals surface area contributed by atoms with Crippen molar-refractivity contribution in [2.24, 2.45) is 11.8 Å². The number of nitrogens with zero attached hydrogens (tertiary/aromatic N) is 1. The topological polar surface area (TPSA) is 59.0 Å². The smallest absolute Gasteiger partial charge is 0.337 e. The van der Waals surface area contributed by atoms with E-state index < -0.39 is 6.10 Å². The number of esters is 1. The highest BCUT2D eigenvalue weighted by molar-refractivity contribution is 9.11. The number of benzene rings is 2. The van der Waals surface area contributed by atoms with E-state index in [-0.39, 0.29) is 17.3 Å². The van der Waals surface area contributed by atoms with Crippen molar-refractivity contribution >= 4 is 50.8 Å². The number of ether oxygens (including phenoxy) is 2. The summed E-state index contributed by atoms with van der Waals surface area (Å²) < 4.78 is 12.6. The van der Waals surface area contributed by atoms with Gasteiger partial charge in [-0.25, -0.2) is 4.79 Å². The van der Waals surface area contributed by atoms with E-state index in [9.17, 15) is 9.90 Å². The molecule has 0 bridgehead atoms. The van der Waals surface area contributed by atoms with Crippen LogP contribution in [0.3, 0.4) is 0 Å². The summed E-state index contributed by atoms with van der Waals surface area (Å²) in [6.45, 7) is 2.12. The van der Waals surface area contributed by atoms with Gasteiger partial charge in [0.15, 0.2) is 0 Å². The summed E-state index contributed by atoms with van der Waals surface area (Å²) in [4.78, 5) is 14.8.